The lowest BCUT2D eigenvalue weighted by Crippen LogP contribution is -2.42. The van der Waals surface area contributed by atoms with Gasteiger partial charge in [-0.05, 0) is 54.3 Å². The lowest BCUT2D eigenvalue weighted by molar-refractivity contribution is -0.187. The number of benzene rings is 3. The smallest absolute Gasteiger partial charge is 0.411 e. The van der Waals surface area contributed by atoms with Crippen LogP contribution in [0.25, 0.3) is 10.2 Å². The SMILES string of the molecule is O=C(c1ccc2c(c1)sc(=O)n2CCOc1ccc(C[C@H](OCC(F)(F)F)C(=O)N[C@H](CO)c2ccccc2)cc1)C1CC1. The Morgan fingerprint density at radius 2 is 1.77 bits per heavy atom. The summed E-state index contributed by atoms with van der Waals surface area (Å²) in [5.74, 6) is -0.0959. The fourth-order valence-electron chi connectivity index (χ4n) is 4.81. The van der Waals surface area contributed by atoms with Crippen molar-refractivity contribution >= 4 is 33.2 Å². The van der Waals surface area contributed by atoms with Crippen molar-refractivity contribution in [2.45, 2.75) is 44.1 Å². The fourth-order valence-corrected chi connectivity index (χ4v) is 5.77. The van der Waals surface area contributed by atoms with Crippen LogP contribution in [0.2, 0.25) is 0 Å². The second-order valence-electron chi connectivity index (χ2n) is 10.6. The molecule has 12 heteroatoms. The van der Waals surface area contributed by atoms with Gasteiger partial charge in [0.05, 0.1) is 29.4 Å². The van der Waals surface area contributed by atoms with Crippen molar-refractivity contribution in [1.29, 1.82) is 0 Å². The van der Waals surface area contributed by atoms with Gasteiger partial charge in [0, 0.05) is 17.9 Å². The highest BCUT2D eigenvalue weighted by Gasteiger charge is 2.32. The van der Waals surface area contributed by atoms with E-state index in [0.29, 0.717) is 22.4 Å². The molecule has 5 rings (SSSR count). The molecule has 1 aliphatic rings. The first-order valence-corrected chi connectivity index (χ1v) is 15.0. The van der Waals surface area contributed by atoms with E-state index >= 15 is 0 Å². The Balaban J connectivity index is 1.19. The highest BCUT2D eigenvalue weighted by atomic mass is 32.1. The summed E-state index contributed by atoms with van der Waals surface area (Å²) in [6.45, 7) is -1.59. The molecule has 0 bridgehead atoms. The van der Waals surface area contributed by atoms with Crippen molar-refractivity contribution in [2.24, 2.45) is 5.92 Å². The zero-order valence-electron chi connectivity index (χ0n) is 23.6. The summed E-state index contributed by atoms with van der Waals surface area (Å²) >= 11 is 1.08. The molecular formula is C32H31F3N2O6S. The third-order valence-electron chi connectivity index (χ3n) is 7.27. The summed E-state index contributed by atoms with van der Waals surface area (Å²) in [6.07, 6.45) is -4.41. The van der Waals surface area contributed by atoms with Crippen molar-refractivity contribution in [3.63, 3.8) is 0 Å². The predicted octanol–water partition coefficient (Wildman–Crippen LogP) is 5.07. The molecule has 0 saturated heterocycles. The first-order chi connectivity index (χ1) is 21.1. The van der Waals surface area contributed by atoms with E-state index in [4.69, 9.17) is 9.47 Å². The number of fused-ring (bicyclic) bond motifs is 1. The molecular weight excluding hydrogens is 597 g/mol. The molecule has 3 aromatic carbocycles. The van der Waals surface area contributed by atoms with Gasteiger partial charge < -0.3 is 19.9 Å². The van der Waals surface area contributed by atoms with Crippen molar-refractivity contribution in [3.05, 3.63) is 99.2 Å². The van der Waals surface area contributed by atoms with Gasteiger partial charge in [0.15, 0.2) is 5.78 Å². The van der Waals surface area contributed by atoms with Gasteiger partial charge in [-0.1, -0.05) is 53.8 Å². The highest BCUT2D eigenvalue weighted by Crippen LogP contribution is 2.33. The van der Waals surface area contributed by atoms with Gasteiger partial charge in [-0.15, -0.1) is 0 Å². The third kappa shape index (κ3) is 8.13. The Kier molecular flexibility index (Phi) is 9.82. The molecule has 0 aliphatic heterocycles. The van der Waals surface area contributed by atoms with Crippen LogP contribution in [0.1, 0.15) is 40.4 Å². The number of ketones is 1. The van der Waals surface area contributed by atoms with Gasteiger partial charge in [-0.25, -0.2) is 0 Å². The van der Waals surface area contributed by atoms with E-state index in [0.717, 1.165) is 34.4 Å². The number of aromatic nitrogens is 1. The number of halogens is 3. The number of hydrogen-bond donors (Lipinski definition) is 2. The minimum atomic E-state index is -4.63. The number of Topliss-reactive ketones (excluding diaryl/α,β-unsaturated/α-hetero) is 1. The van der Waals surface area contributed by atoms with Gasteiger partial charge in [-0.2, -0.15) is 13.2 Å². The lowest BCUT2D eigenvalue weighted by Gasteiger charge is -2.23. The molecule has 1 saturated carbocycles. The molecule has 0 unspecified atom stereocenters. The summed E-state index contributed by atoms with van der Waals surface area (Å²) in [6, 6.07) is 19.6. The van der Waals surface area contributed by atoms with Crippen LogP contribution in [-0.2, 0) is 22.5 Å². The maximum atomic E-state index is 13.0. The number of nitrogens with zero attached hydrogens (tertiary/aromatic N) is 1. The molecule has 1 amide bonds. The number of alkyl halides is 3. The van der Waals surface area contributed by atoms with Crippen molar-refractivity contribution in [1.82, 2.24) is 9.88 Å². The van der Waals surface area contributed by atoms with Gasteiger partial charge in [0.1, 0.15) is 25.1 Å². The molecule has 232 valence electrons. The first-order valence-electron chi connectivity index (χ1n) is 14.1. The zero-order chi connectivity index (χ0) is 31.3. The van der Waals surface area contributed by atoms with Crippen molar-refractivity contribution in [2.75, 3.05) is 19.8 Å². The number of thiazole rings is 1. The predicted molar refractivity (Wildman–Crippen MR) is 159 cm³/mol. The summed E-state index contributed by atoms with van der Waals surface area (Å²) in [5.41, 5.74) is 2.49. The van der Waals surface area contributed by atoms with Crippen molar-refractivity contribution in [3.8, 4) is 5.75 Å². The molecule has 0 radical (unpaired) electrons. The summed E-state index contributed by atoms with van der Waals surface area (Å²) < 4.78 is 51.9. The molecule has 2 atom stereocenters. The standard InChI is InChI=1S/C32H31F3N2O6S/c33-32(34,35)19-43-27(30(40)36-25(18-38)21-4-2-1-3-5-21)16-20-6-11-24(12-7-20)42-15-14-37-26-13-10-23(29(39)22-8-9-22)17-28(26)44-31(37)41/h1-7,10-13,17,22,25,27,38H,8-9,14-16,18-19H2,(H,36,40)/t25-,27+/m1/s1. The Hall–Kier alpha value is -4.00. The van der Waals surface area contributed by atoms with Crippen molar-refractivity contribution < 1.29 is 37.3 Å². The van der Waals surface area contributed by atoms with Crippen LogP contribution in [0, 0.1) is 5.92 Å². The molecule has 4 aromatic rings. The van der Waals surface area contributed by atoms with Crippen LogP contribution in [-0.4, -0.2) is 53.5 Å². The Labute approximate surface area is 255 Å². The molecule has 1 aromatic heterocycles. The van der Waals surface area contributed by atoms with E-state index in [1.54, 1.807) is 77.4 Å². The minimum absolute atomic E-state index is 0.0970. The largest absolute Gasteiger partial charge is 0.492 e. The molecule has 1 heterocycles. The van der Waals surface area contributed by atoms with Crippen LogP contribution in [0.4, 0.5) is 13.2 Å². The topological polar surface area (TPSA) is 107 Å². The average molecular weight is 629 g/mol. The fraction of sp³-hybridized carbons (Fsp3) is 0.344. The van der Waals surface area contributed by atoms with E-state index in [-0.39, 0.29) is 36.1 Å². The lowest BCUT2D eigenvalue weighted by atomic mass is 10.0. The van der Waals surface area contributed by atoms with E-state index in [2.05, 4.69) is 5.32 Å². The number of carbonyl (C=O) groups is 2. The minimum Gasteiger partial charge on any atom is -0.492 e. The van der Waals surface area contributed by atoms with E-state index in [1.165, 1.54) is 0 Å². The number of aliphatic hydroxyl groups excluding tert-OH is 1. The third-order valence-corrected chi connectivity index (χ3v) is 8.21. The average Bonchev–Trinajstić information content (AvgIpc) is 3.81. The summed E-state index contributed by atoms with van der Waals surface area (Å²) in [7, 11) is 0. The summed E-state index contributed by atoms with van der Waals surface area (Å²) in [4.78, 5) is 37.8. The van der Waals surface area contributed by atoms with E-state index in [1.807, 2.05) is 0 Å². The molecule has 8 nitrogen and oxygen atoms in total. The van der Waals surface area contributed by atoms with Crippen LogP contribution in [0.15, 0.2) is 77.6 Å². The molecule has 1 fully saturated rings. The number of amides is 1. The number of nitrogens with one attached hydrogen (secondary N) is 1. The molecule has 1 aliphatic carbocycles. The van der Waals surface area contributed by atoms with Gasteiger partial charge in [0.2, 0.25) is 5.91 Å². The monoisotopic (exact) mass is 628 g/mol. The number of aliphatic hydroxyl groups is 1. The van der Waals surface area contributed by atoms with E-state index in [9.17, 15) is 32.7 Å². The molecule has 2 N–H and O–H groups in total. The second-order valence-corrected chi connectivity index (χ2v) is 11.6. The Bertz CT molecular complexity index is 1650. The number of hydrogen-bond acceptors (Lipinski definition) is 7. The molecule has 44 heavy (non-hydrogen) atoms. The number of rotatable bonds is 14. The van der Waals surface area contributed by atoms with E-state index < -0.39 is 37.4 Å². The molecule has 0 spiro atoms. The Morgan fingerprint density at radius 1 is 1.05 bits per heavy atom. The van der Waals surface area contributed by atoms with Crippen LogP contribution >= 0.6 is 11.3 Å². The van der Waals surface area contributed by atoms with Crippen LogP contribution in [0.3, 0.4) is 0 Å². The number of ether oxygens (including phenoxy) is 2. The first kappa shape index (κ1) is 31.4. The normalized spacial score (nSPS) is 14.7. The second kappa shape index (κ2) is 13.7. The number of carbonyl (C=O) groups excluding carboxylic acids is 2. The van der Waals surface area contributed by atoms with Gasteiger partial charge in [-0.3, -0.25) is 19.0 Å². The highest BCUT2D eigenvalue weighted by molar-refractivity contribution is 7.16. The van der Waals surface area contributed by atoms with Crippen LogP contribution in [0.5, 0.6) is 5.75 Å². The van der Waals surface area contributed by atoms with Gasteiger partial charge in [0.25, 0.3) is 0 Å². The zero-order valence-corrected chi connectivity index (χ0v) is 24.4. The van der Waals surface area contributed by atoms with Crippen LogP contribution < -0.4 is 14.9 Å². The maximum absolute atomic E-state index is 13.0. The summed E-state index contributed by atoms with van der Waals surface area (Å²) in [5, 5.41) is 12.3. The quantitative estimate of drug-likeness (QED) is 0.189. The maximum Gasteiger partial charge on any atom is 0.411 e. The Morgan fingerprint density at radius 3 is 2.43 bits per heavy atom. The van der Waals surface area contributed by atoms with Gasteiger partial charge >= 0.3 is 11.0 Å².